The minimum Gasteiger partial charge on any atom is -0.459 e. The molecule has 3 atom stereocenters. The molecule has 4 heteroatoms. The lowest BCUT2D eigenvalue weighted by atomic mass is 9.65. The molecule has 78 valence electrons. The molecule has 3 rings (SSSR count). The molecule has 0 radical (unpaired) electrons. The molecule has 2 bridgehead atoms. The van der Waals surface area contributed by atoms with Crippen LogP contribution in [0.3, 0.4) is 0 Å². The fourth-order valence-corrected chi connectivity index (χ4v) is 2.65. The molecule has 14 heavy (non-hydrogen) atoms. The molecule has 0 aromatic carbocycles. The van der Waals surface area contributed by atoms with Crippen LogP contribution in [0.5, 0.6) is 0 Å². The summed E-state index contributed by atoms with van der Waals surface area (Å²) in [6.45, 7) is 1.34. The van der Waals surface area contributed by atoms with Gasteiger partial charge in [-0.15, -0.1) is 0 Å². The van der Waals surface area contributed by atoms with Crippen molar-refractivity contribution in [2.24, 2.45) is 5.92 Å². The Kier molecular flexibility index (Phi) is 2.10. The van der Waals surface area contributed by atoms with Crippen LogP contribution in [0.2, 0.25) is 0 Å². The van der Waals surface area contributed by atoms with Gasteiger partial charge in [-0.05, 0) is 12.8 Å². The summed E-state index contributed by atoms with van der Waals surface area (Å²) in [5.74, 6) is -0.547. The van der Waals surface area contributed by atoms with E-state index in [-0.39, 0.29) is 24.1 Å². The molecular formula is C10H14O4. The Hall–Kier alpha value is -0.900. The van der Waals surface area contributed by atoms with Gasteiger partial charge in [0, 0.05) is 25.7 Å². The molecule has 0 heterocycles. The summed E-state index contributed by atoms with van der Waals surface area (Å²) in [6, 6.07) is 0. The maximum atomic E-state index is 11.5. The van der Waals surface area contributed by atoms with Crippen molar-refractivity contribution in [3.05, 3.63) is 0 Å². The third kappa shape index (κ3) is 1.43. The van der Waals surface area contributed by atoms with E-state index in [1.165, 1.54) is 6.92 Å². The van der Waals surface area contributed by atoms with Gasteiger partial charge in [-0.3, -0.25) is 9.59 Å². The highest BCUT2D eigenvalue weighted by atomic mass is 16.6. The average Bonchev–Trinajstić information content (AvgIpc) is 2.00. The van der Waals surface area contributed by atoms with E-state index >= 15 is 0 Å². The second-order valence-electron chi connectivity index (χ2n) is 4.34. The average molecular weight is 198 g/mol. The van der Waals surface area contributed by atoms with Crippen molar-refractivity contribution in [2.45, 2.75) is 44.3 Å². The molecule has 0 amide bonds. The first kappa shape index (κ1) is 9.65. The fraction of sp³-hybridized carbons (Fsp3) is 0.800. The number of fused-ring (bicyclic) bond motifs is 3. The van der Waals surface area contributed by atoms with E-state index in [0.717, 1.165) is 0 Å². The van der Waals surface area contributed by atoms with E-state index in [1.807, 2.05) is 0 Å². The predicted octanol–water partition coefficient (Wildman–Crippen LogP) is 0.422. The molecule has 3 aliphatic carbocycles. The lowest BCUT2D eigenvalue weighted by Crippen LogP contribution is -2.54. The van der Waals surface area contributed by atoms with Gasteiger partial charge in [-0.1, -0.05) is 0 Å². The normalized spacial score (nSPS) is 41.1. The van der Waals surface area contributed by atoms with Crippen LogP contribution in [-0.4, -0.2) is 28.6 Å². The van der Waals surface area contributed by atoms with Crippen LogP contribution >= 0.6 is 0 Å². The Bertz CT molecular complexity index is 282. The third-order valence-corrected chi connectivity index (χ3v) is 3.23. The van der Waals surface area contributed by atoms with E-state index < -0.39 is 11.7 Å². The molecule has 0 aromatic heterocycles. The van der Waals surface area contributed by atoms with E-state index in [4.69, 9.17) is 4.74 Å². The highest BCUT2D eigenvalue weighted by Crippen LogP contribution is 2.44. The molecule has 3 saturated carbocycles. The number of hydrogen-bond donors (Lipinski definition) is 1. The molecule has 0 saturated heterocycles. The summed E-state index contributed by atoms with van der Waals surface area (Å²) in [5, 5.41) is 9.64. The second-order valence-corrected chi connectivity index (χ2v) is 4.34. The number of ketones is 1. The van der Waals surface area contributed by atoms with Crippen LogP contribution in [0.25, 0.3) is 0 Å². The first-order valence-electron chi connectivity index (χ1n) is 4.93. The van der Waals surface area contributed by atoms with Gasteiger partial charge in [-0.2, -0.15) is 0 Å². The molecule has 3 aliphatic rings. The largest absolute Gasteiger partial charge is 0.459 e. The first-order chi connectivity index (χ1) is 6.52. The molecule has 4 nitrogen and oxygen atoms in total. The monoisotopic (exact) mass is 198 g/mol. The zero-order valence-electron chi connectivity index (χ0n) is 8.16. The van der Waals surface area contributed by atoms with Gasteiger partial charge in [-0.25, -0.2) is 0 Å². The fourth-order valence-electron chi connectivity index (χ4n) is 2.65. The van der Waals surface area contributed by atoms with E-state index in [0.29, 0.717) is 19.3 Å². The number of Topliss-reactive ketones (excluding diaryl/α,β-unsaturated/α-hetero) is 1. The molecular weight excluding hydrogens is 184 g/mol. The van der Waals surface area contributed by atoms with Crippen LogP contribution < -0.4 is 0 Å². The summed E-state index contributed by atoms with van der Waals surface area (Å²) in [7, 11) is 0. The Morgan fingerprint density at radius 3 is 2.86 bits per heavy atom. The van der Waals surface area contributed by atoms with Crippen molar-refractivity contribution < 1.29 is 19.4 Å². The second kappa shape index (κ2) is 3.05. The first-order valence-corrected chi connectivity index (χ1v) is 4.93. The van der Waals surface area contributed by atoms with E-state index in [9.17, 15) is 14.7 Å². The smallest absolute Gasteiger partial charge is 0.303 e. The summed E-state index contributed by atoms with van der Waals surface area (Å²) in [4.78, 5) is 22.4. The Morgan fingerprint density at radius 1 is 1.64 bits per heavy atom. The van der Waals surface area contributed by atoms with Gasteiger partial charge in [0.15, 0.2) is 0 Å². The van der Waals surface area contributed by atoms with Gasteiger partial charge < -0.3 is 9.84 Å². The van der Waals surface area contributed by atoms with Crippen molar-refractivity contribution >= 4 is 11.8 Å². The van der Waals surface area contributed by atoms with Crippen molar-refractivity contribution in [2.75, 3.05) is 0 Å². The summed E-state index contributed by atoms with van der Waals surface area (Å²) in [6.07, 6.45) is 1.44. The summed E-state index contributed by atoms with van der Waals surface area (Å²) in [5.41, 5.74) is -0.697. The number of rotatable bonds is 1. The quantitative estimate of drug-likeness (QED) is 0.620. The SMILES string of the molecule is CC(=O)O[C@]12CC[C@H](C(=O)C1)[C@H](O)C2. The van der Waals surface area contributed by atoms with Crippen molar-refractivity contribution in [1.29, 1.82) is 0 Å². The molecule has 3 fully saturated rings. The number of esters is 1. The Labute approximate surface area is 82.2 Å². The molecule has 1 N–H and O–H groups in total. The maximum Gasteiger partial charge on any atom is 0.303 e. The van der Waals surface area contributed by atoms with Gasteiger partial charge in [0.1, 0.15) is 11.4 Å². The molecule has 0 spiro atoms. The van der Waals surface area contributed by atoms with Gasteiger partial charge in [0.2, 0.25) is 0 Å². The lowest BCUT2D eigenvalue weighted by Gasteiger charge is -2.46. The Balaban J connectivity index is 2.19. The van der Waals surface area contributed by atoms with Crippen LogP contribution in [0, 0.1) is 5.92 Å². The molecule has 0 aromatic rings. The highest BCUT2D eigenvalue weighted by Gasteiger charge is 2.52. The highest BCUT2D eigenvalue weighted by molar-refractivity contribution is 5.85. The van der Waals surface area contributed by atoms with Gasteiger partial charge in [0.25, 0.3) is 0 Å². The number of ether oxygens (including phenoxy) is 1. The minimum absolute atomic E-state index is 0.0382. The van der Waals surface area contributed by atoms with Crippen LogP contribution in [0.1, 0.15) is 32.6 Å². The molecule has 0 unspecified atom stereocenters. The van der Waals surface area contributed by atoms with Crippen LogP contribution in [-0.2, 0) is 14.3 Å². The standard InChI is InChI=1S/C10H14O4/c1-6(11)14-10-3-2-7(8(12)4-10)9(13)5-10/h7-8,12H,2-5H2,1H3/t7-,8+,10-/m0/s1. The van der Waals surface area contributed by atoms with Crippen molar-refractivity contribution in [3.8, 4) is 0 Å². The Morgan fingerprint density at radius 2 is 2.36 bits per heavy atom. The predicted molar refractivity (Wildman–Crippen MR) is 47.5 cm³/mol. The topological polar surface area (TPSA) is 63.6 Å². The van der Waals surface area contributed by atoms with E-state index in [2.05, 4.69) is 0 Å². The number of carbonyl (C=O) groups is 2. The van der Waals surface area contributed by atoms with Crippen LogP contribution in [0.4, 0.5) is 0 Å². The third-order valence-electron chi connectivity index (χ3n) is 3.23. The number of aliphatic hydroxyl groups excluding tert-OH is 1. The molecule has 0 aliphatic heterocycles. The van der Waals surface area contributed by atoms with Gasteiger partial charge in [0.05, 0.1) is 6.10 Å². The van der Waals surface area contributed by atoms with Crippen molar-refractivity contribution in [1.82, 2.24) is 0 Å². The summed E-state index contributed by atoms with van der Waals surface area (Å²) >= 11 is 0. The van der Waals surface area contributed by atoms with Crippen molar-refractivity contribution in [3.63, 3.8) is 0 Å². The van der Waals surface area contributed by atoms with E-state index in [1.54, 1.807) is 0 Å². The lowest BCUT2D eigenvalue weighted by molar-refractivity contribution is -0.181. The van der Waals surface area contributed by atoms with Crippen LogP contribution in [0.15, 0.2) is 0 Å². The minimum atomic E-state index is -0.697. The maximum absolute atomic E-state index is 11.5. The summed E-state index contributed by atoms with van der Waals surface area (Å²) < 4.78 is 5.19. The number of aliphatic hydroxyl groups is 1. The number of hydrogen-bond acceptors (Lipinski definition) is 4. The van der Waals surface area contributed by atoms with Gasteiger partial charge >= 0.3 is 5.97 Å². The zero-order chi connectivity index (χ0) is 10.3. The number of carbonyl (C=O) groups excluding carboxylic acids is 2. The zero-order valence-corrected chi connectivity index (χ0v) is 8.16.